The molecule has 0 radical (unpaired) electrons. The zero-order chi connectivity index (χ0) is 19.4. The zero-order valence-corrected chi connectivity index (χ0v) is 16.7. The van der Waals surface area contributed by atoms with Gasteiger partial charge in [-0.3, -0.25) is 14.5 Å². The molecular formula is C17H17Cl2NO5S. The van der Waals surface area contributed by atoms with Gasteiger partial charge in [0.05, 0.1) is 22.1 Å². The van der Waals surface area contributed by atoms with Crippen molar-refractivity contribution in [2.75, 3.05) is 13.7 Å². The number of esters is 1. The Hall–Kier alpha value is -1.70. The summed E-state index contributed by atoms with van der Waals surface area (Å²) in [5.41, 5.74) is 0.542. The highest BCUT2D eigenvalue weighted by atomic mass is 35.5. The Labute approximate surface area is 165 Å². The van der Waals surface area contributed by atoms with Crippen molar-refractivity contribution in [1.82, 2.24) is 4.90 Å². The number of hydrogen-bond acceptors (Lipinski definition) is 6. The molecule has 2 rings (SSSR count). The van der Waals surface area contributed by atoms with E-state index in [1.165, 1.54) is 24.1 Å². The van der Waals surface area contributed by atoms with E-state index in [0.717, 1.165) is 11.8 Å². The number of ether oxygens (including phenoxy) is 2. The second kappa shape index (κ2) is 8.79. The number of imide groups is 1. The first-order valence-electron chi connectivity index (χ1n) is 7.74. The van der Waals surface area contributed by atoms with Gasteiger partial charge in [0.2, 0.25) is 0 Å². The van der Waals surface area contributed by atoms with Crippen molar-refractivity contribution in [1.29, 1.82) is 0 Å². The zero-order valence-electron chi connectivity index (χ0n) is 14.4. The van der Waals surface area contributed by atoms with E-state index in [4.69, 9.17) is 27.9 Å². The fourth-order valence-electron chi connectivity index (χ4n) is 2.18. The lowest BCUT2D eigenvalue weighted by Crippen LogP contribution is -2.36. The van der Waals surface area contributed by atoms with E-state index in [-0.39, 0.29) is 39.6 Å². The van der Waals surface area contributed by atoms with Crippen LogP contribution in [0.3, 0.4) is 0 Å². The molecule has 1 saturated heterocycles. The number of halogens is 2. The minimum atomic E-state index is -0.570. The van der Waals surface area contributed by atoms with Crippen LogP contribution in [0.25, 0.3) is 6.08 Å². The Bertz CT molecular complexity index is 757. The molecule has 1 fully saturated rings. The van der Waals surface area contributed by atoms with Crippen LogP contribution in [-0.4, -0.2) is 41.8 Å². The third-order valence-corrected chi connectivity index (χ3v) is 5.18. The normalized spacial score (nSPS) is 17.0. The third kappa shape index (κ3) is 4.52. The Kier molecular flexibility index (Phi) is 6.97. The Balaban J connectivity index is 2.25. The number of hydrogen-bond donors (Lipinski definition) is 0. The summed E-state index contributed by atoms with van der Waals surface area (Å²) in [7, 11) is 1.24. The fourth-order valence-corrected chi connectivity index (χ4v) is 3.73. The van der Waals surface area contributed by atoms with Gasteiger partial charge in [0.1, 0.15) is 0 Å². The van der Waals surface area contributed by atoms with E-state index in [9.17, 15) is 14.4 Å². The summed E-state index contributed by atoms with van der Waals surface area (Å²) in [5.74, 6) is -0.767. The summed E-state index contributed by atoms with van der Waals surface area (Å²) in [6, 6.07) is 2.91. The molecule has 0 aliphatic carbocycles. The van der Waals surface area contributed by atoms with Gasteiger partial charge < -0.3 is 9.47 Å². The highest BCUT2D eigenvalue weighted by Gasteiger charge is 2.37. The molecular weight excluding hydrogens is 401 g/mol. The molecule has 0 aromatic heterocycles. The van der Waals surface area contributed by atoms with Gasteiger partial charge in [0.15, 0.2) is 12.4 Å². The largest absolute Gasteiger partial charge is 0.479 e. The van der Waals surface area contributed by atoms with E-state index >= 15 is 0 Å². The maximum atomic E-state index is 12.4. The molecule has 140 valence electrons. The van der Waals surface area contributed by atoms with E-state index in [0.29, 0.717) is 16.9 Å². The molecule has 1 aliphatic heterocycles. The lowest BCUT2D eigenvalue weighted by atomic mass is 10.2. The quantitative estimate of drug-likeness (QED) is 0.504. The van der Waals surface area contributed by atoms with Crippen molar-refractivity contribution < 1.29 is 23.9 Å². The monoisotopic (exact) mass is 417 g/mol. The first-order valence-corrected chi connectivity index (χ1v) is 9.31. The third-order valence-electron chi connectivity index (χ3n) is 3.74. The molecule has 0 saturated carbocycles. The molecule has 0 spiro atoms. The Morgan fingerprint density at radius 2 is 1.92 bits per heavy atom. The molecule has 1 heterocycles. The summed E-state index contributed by atoms with van der Waals surface area (Å²) in [4.78, 5) is 37.2. The van der Waals surface area contributed by atoms with Crippen molar-refractivity contribution >= 4 is 58.2 Å². The van der Waals surface area contributed by atoms with Crippen LogP contribution < -0.4 is 4.74 Å². The average Bonchev–Trinajstić information content (AvgIpc) is 2.86. The number of benzene rings is 1. The van der Waals surface area contributed by atoms with E-state index in [1.807, 2.05) is 13.8 Å². The van der Waals surface area contributed by atoms with E-state index < -0.39 is 5.97 Å². The molecule has 2 amide bonds. The fraction of sp³-hybridized carbons (Fsp3) is 0.353. The molecule has 1 aromatic carbocycles. The summed E-state index contributed by atoms with van der Waals surface area (Å²) >= 11 is 13.2. The molecule has 1 aromatic rings. The molecule has 0 bridgehead atoms. The molecule has 1 aliphatic rings. The van der Waals surface area contributed by atoms with Crippen molar-refractivity contribution in [3.63, 3.8) is 0 Å². The number of thioether (sulfide) groups is 1. The summed E-state index contributed by atoms with van der Waals surface area (Å²) in [5, 5.41) is 0.0495. The number of rotatable bonds is 6. The lowest BCUT2D eigenvalue weighted by Gasteiger charge is -2.19. The number of amides is 2. The maximum Gasteiger partial charge on any atom is 0.343 e. The first-order chi connectivity index (χ1) is 12.3. The van der Waals surface area contributed by atoms with Gasteiger partial charge in [-0.2, -0.15) is 0 Å². The van der Waals surface area contributed by atoms with Gasteiger partial charge in [-0.05, 0) is 48.9 Å². The van der Waals surface area contributed by atoms with Gasteiger partial charge >= 0.3 is 5.97 Å². The predicted molar refractivity (Wildman–Crippen MR) is 102 cm³/mol. The predicted octanol–water partition coefficient (Wildman–Crippen LogP) is 4.38. The van der Waals surface area contributed by atoms with Crippen LogP contribution in [0, 0.1) is 0 Å². The van der Waals surface area contributed by atoms with Crippen molar-refractivity contribution in [3.8, 4) is 5.75 Å². The van der Waals surface area contributed by atoms with Crippen LogP contribution in [0.5, 0.6) is 5.75 Å². The second-order valence-electron chi connectivity index (χ2n) is 5.49. The Morgan fingerprint density at radius 1 is 1.31 bits per heavy atom. The van der Waals surface area contributed by atoms with E-state index in [2.05, 4.69) is 4.74 Å². The minimum absolute atomic E-state index is 0.142. The van der Waals surface area contributed by atoms with Crippen LogP contribution in [0.4, 0.5) is 4.79 Å². The maximum absolute atomic E-state index is 12.4. The summed E-state index contributed by atoms with van der Waals surface area (Å²) < 4.78 is 9.74. The molecule has 0 N–H and O–H groups in total. The molecule has 1 atom stereocenters. The van der Waals surface area contributed by atoms with Crippen molar-refractivity contribution in [2.45, 2.75) is 26.3 Å². The number of methoxy groups -OCH3 is 1. The van der Waals surface area contributed by atoms with Crippen LogP contribution in [-0.2, 0) is 14.3 Å². The molecule has 6 nitrogen and oxygen atoms in total. The van der Waals surface area contributed by atoms with Gasteiger partial charge in [-0.25, -0.2) is 4.79 Å². The van der Waals surface area contributed by atoms with Gasteiger partial charge in [-0.1, -0.05) is 30.1 Å². The Morgan fingerprint density at radius 3 is 2.46 bits per heavy atom. The van der Waals surface area contributed by atoms with Crippen molar-refractivity contribution in [2.24, 2.45) is 0 Å². The van der Waals surface area contributed by atoms with E-state index in [1.54, 1.807) is 6.08 Å². The number of nitrogens with zero attached hydrogens (tertiary/aromatic N) is 1. The van der Waals surface area contributed by atoms with Crippen molar-refractivity contribution in [3.05, 3.63) is 32.6 Å². The second-order valence-corrected chi connectivity index (χ2v) is 7.30. The average molecular weight is 418 g/mol. The topological polar surface area (TPSA) is 72.9 Å². The highest BCUT2D eigenvalue weighted by molar-refractivity contribution is 8.18. The van der Waals surface area contributed by atoms with Crippen LogP contribution in [0.2, 0.25) is 10.0 Å². The van der Waals surface area contributed by atoms with Gasteiger partial charge in [0.25, 0.3) is 11.1 Å². The smallest absolute Gasteiger partial charge is 0.343 e. The number of carbonyl (C=O) groups is 3. The highest BCUT2D eigenvalue weighted by Crippen LogP contribution is 2.38. The van der Waals surface area contributed by atoms with Crippen LogP contribution in [0.15, 0.2) is 17.0 Å². The standard InChI is InChI=1S/C17H17Cl2NO5S/c1-4-9(2)20-16(22)13(26-17(20)23)7-10-5-11(18)15(12(19)6-10)25-8-14(21)24-3/h5-7,9H,4,8H2,1-3H3/b13-7-/t9-/m0/s1. The van der Waals surface area contributed by atoms with Crippen LogP contribution >= 0.6 is 35.0 Å². The molecule has 9 heteroatoms. The summed E-state index contributed by atoms with van der Waals surface area (Å²) in [6.45, 7) is 3.40. The lowest BCUT2D eigenvalue weighted by molar-refractivity contribution is -0.142. The minimum Gasteiger partial charge on any atom is -0.479 e. The SMILES string of the molecule is CC[C@H](C)N1C(=O)S/C(=C\c2cc(Cl)c(OCC(=O)OC)c(Cl)c2)C1=O. The molecule has 0 unspecified atom stereocenters. The molecule has 26 heavy (non-hydrogen) atoms. The first kappa shape index (κ1) is 20.6. The van der Waals surface area contributed by atoms with Crippen LogP contribution in [0.1, 0.15) is 25.8 Å². The number of carbonyl (C=O) groups excluding carboxylic acids is 3. The van der Waals surface area contributed by atoms with Gasteiger partial charge in [-0.15, -0.1) is 0 Å². The van der Waals surface area contributed by atoms with Gasteiger partial charge in [0, 0.05) is 6.04 Å². The summed E-state index contributed by atoms with van der Waals surface area (Å²) in [6.07, 6.45) is 2.23.